The Kier molecular flexibility index (Phi) is 6.38. The van der Waals surface area contributed by atoms with E-state index in [2.05, 4.69) is 17.0 Å². The summed E-state index contributed by atoms with van der Waals surface area (Å²) in [6.45, 7) is 4.21. The normalized spacial score (nSPS) is 11.9. The predicted octanol–water partition coefficient (Wildman–Crippen LogP) is 2.83. The Balaban J connectivity index is 1.86. The minimum absolute atomic E-state index is 0.391. The van der Waals surface area contributed by atoms with E-state index in [1.165, 1.54) is 16.2 Å². The number of hydrogen-bond acceptors (Lipinski definition) is 5. The second kappa shape index (κ2) is 8.05. The lowest BCUT2D eigenvalue weighted by molar-refractivity contribution is 0.584. The molecular weight excluding hydrogens is 324 g/mol. The molecule has 2 aromatic heterocycles. The molecule has 0 spiro atoms. The van der Waals surface area contributed by atoms with Crippen LogP contribution < -0.4 is 10.0 Å². The maximum absolute atomic E-state index is 12.2. The molecular formula is C14H20N2O2S3. The van der Waals surface area contributed by atoms with Crippen molar-refractivity contribution >= 4 is 32.7 Å². The Morgan fingerprint density at radius 1 is 1.14 bits per heavy atom. The van der Waals surface area contributed by atoms with E-state index >= 15 is 0 Å². The monoisotopic (exact) mass is 344 g/mol. The predicted molar refractivity (Wildman–Crippen MR) is 89.5 cm³/mol. The van der Waals surface area contributed by atoms with Crippen LogP contribution in [0, 0.1) is 0 Å². The van der Waals surface area contributed by atoms with Crippen molar-refractivity contribution < 1.29 is 8.42 Å². The van der Waals surface area contributed by atoms with Crippen molar-refractivity contribution in [3.63, 3.8) is 0 Å². The van der Waals surface area contributed by atoms with Gasteiger partial charge >= 0.3 is 0 Å². The number of sulfonamides is 1. The van der Waals surface area contributed by atoms with Gasteiger partial charge in [0.25, 0.3) is 0 Å². The van der Waals surface area contributed by atoms with Gasteiger partial charge in [0.1, 0.15) is 4.21 Å². The summed E-state index contributed by atoms with van der Waals surface area (Å²) in [5, 5.41) is 5.27. The molecule has 116 valence electrons. The van der Waals surface area contributed by atoms with Crippen LogP contribution in [0.15, 0.2) is 33.9 Å². The first-order valence-corrected chi connectivity index (χ1v) is 10.1. The van der Waals surface area contributed by atoms with Crippen LogP contribution in [0.25, 0.3) is 0 Å². The average Bonchev–Trinajstić information content (AvgIpc) is 3.10. The van der Waals surface area contributed by atoms with E-state index in [0.717, 1.165) is 30.8 Å². The third kappa shape index (κ3) is 5.19. The largest absolute Gasteiger partial charge is 0.312 e. The molecule has 0 atom stereocenters. The van der Waals surface area contributed by atoms with E-state index in [1.54, 1.807) is 17.4 Å². The fourth-order valence-electron chi connectivity index (χ4n) is 1.82. The summed E-state index contributed by atoms with van der Waals surface area (Å²) in [6.07, 6.45) is 1.80. The molecule has 2 N–H and O–H groups in total. The highest BCUT2D eigenvalue weighted by Crippen LogP contribution is 2.21. The minimum Gasteiger partial charge on any atom is -0.312 e. The molecule has 0 aliphatic carbocycles. The molecule has 21 heavy (non-hydrogen) atoms. The third-order valence-corrected chi connectivity index (χ3v) is 6.85. The number of thiophene rings is 2. The van der Waals surface area contributed by atoms with Crippen molar-refractivity contribution in [1.82, 2.24) is 10.0 Å². The molecule has 0 aliphatic rings. The zero-order chi connectivity index (χ0) is 15.1. The van der Waals surface area contributed by atoms with E-state index in [4.69, 9.17) is 0 Å². The van der Waals surface area contributed by atoms with E-state index in [0.29, 0.717) is 10.8 Å². The molecule has 0 amide bonds. The topological polar surface area (TPSA) is 58.2 Å². The molecule has 4 nitrogen and oxygen atoms in total. The standard InChI is InChI=1S/C14H20N2O2S3/c1-2-8-15-11-13-5-6-14(20-13)21(17,18)16-9-7-12-4-3-10-19-12/h3-6,10,15-16H,2,7-9,11H2,1H3. The van der Waals surface area contributed by atoms with Gasteiger partial charge in [-0.2, -0.15) is 0 Å². The molecule has 2 aromatic rings. The Bertz CT molecular complexity index is 633. The van der Waals surface area contributed by atoms with Crippen molar-refractivity contribution in [2.75, 3.05) is 13.1 Å². The summed E-state index contributed by atoms with van der Waals surface area (Å²) in [6, 6.07) is 7.55. The van der Waals surface area contributed by atoms with Crippen molar-refractivity contribution in [3.05, 3.63) is 39.4 Å². The number of rotatable bonds is 9. The summed E-state index contributed by atoms with van der Waals surface area (Å²) in [4.78, 5) is 2.23. The fourth-order valence-corrected chi connectivity index (χ4v) is 4.93. The summed E-state index contributed by atoms with van der Waals surface area (Å²) in [7, 11) is -3.38. The first kappa shape index (κ1) is 16.6. The molecule has 7 heteroatoms. The lowest BCUT2D eigenvalue weighted by atomic mass is 10.3. The number of nitrogens with one attached hydrogen (secondary N) is 2. The highest BCUT2D eigenvalue weighted by atomic mass is 32.2. The lowest BCUT2D eigenvalue weighted by Crippen LogP contribution is -2.25. The SMILES string of the molecule is CCCNCc1ccc(S(=O)(=O)NCCc2cccs2)s1. The summed E-state index contributed by atoms with van der Waals surface area (Å²) < 4.78 is 27.4. The van der Waals surface area contributed by atoms with E-state index in [1.807, 2.05) is 23.6 Å². The first-order valence-electron chi connectivity index (χ1n) is 6.93. The average molecular weight is 345 g/mol. The Labute approximate surface area is 134 Å². The smallest absolute Gasteiger partial charge is 0.250 e. The third-order valence-electron chi connectivity index (χ3n) is 2.87. The van der Waals surface area contributed by atoms with Gasteiger partial charge in [0.2, 0.25) is 10.0 Å². The van der Waals surface area contributed by atoms with Crippen LogP contribution >= 0.6 is 22.7 Å². The Morgan fingerprint density at radius 2 is 2.00 bits per heavy atom. The van der Waals surface area contributed by atoms with Crippen molar-refractivity contribution in [3.8, 4) is 0 Å². The van der Waals surface area contributed by atoms with Crippen LogP contribution in [-0.4, -0.2) is 21.5 Å². The molecule has 0 fully saturated rings. The van der Waals surface area contributed by atoms with E-state index in [9.17, 15) is 8.42 Å². The van der Waals surface area contributed by atoms with Gasteiger partial charge in [-0.1, -0.05) is 13.0 Å². The molecule has 0 radical (unpaired) electrons. The Morgan fingerprint density at radius 3 is 2.71 bits per heavy atom. The van der Waals surface area contributed by atoms with Gasteiger partial charge in [-0.05, 0) is 43.0 Å². The van der Waals surface area contributed by atoms with Crippen LogP contribution in [0.4, 0.5) is 0 Å². The van der Waals surface area contributed by atoms with E-state index < -0.39 is 10.0 Å². The van der Waals surface area contributed by atoms with Crippen molar-refractivity contribution in [1.29, 1.82) is 0 Å². The molecule has 0 saturated heterocycles. The van der Waals surface area contributed by atoms with E-state index in [-0.39, 0.29) is 0 Å². The summed E-state index contributed by atoms with van der Waals surface area (Å²) >= 11 is 2.97. The summed E-state index contributed by atoms with van der Waals surface area (Å²) in [5.41, 5.74) is 0. The minimum atomic E-state index is -3.38. The van der Waals surface area contributed by atoms with Gasteiger partial charge in [0.15, 0.2) is 0 Å². The molecule has 0 unspecified atom stereocenters. The second-order valence-electron chi connectivity index (χ2n) is 4.62. The van der Waals surface area contributed by atoms with Crippen molar-refractivity contribution in [2.24, 2.45) is 0 Å². The zero-order valence-electron chi connectivity index (χ0n) is 12.0. The van der Waals surface area contributed by atoms with Crippen LogP contribution in [0.3, 0.4) is 0 Å². The molecule has 0 aliphatic heterocycles. The van der Waals surface area contributed by atoms with Gasteiger partial charge in [-0.15, -0.1) is 22.7 Å². The maximum Gasteiger partial charge on any atom is 0.250 e. The first-order chi connectivity index (χ1) is 10.1. The zero-order valence-corrected chi connectivity index (χ0v) is 14.4. The van der Waals surface area contributed by atoms with Gasteiger partial charge < -0.3 is 5.32 Å². The summed E-state index contributed by atoms with van der Waals surface area (Å²) in [5.74, 6) is 0. The van der Waals surface area contributed by atoms with Gasteiger partial charge in [-0.25, -0.2) is 13.1 Å². The molecule has 0 saturated carbocycles. The Hall–Kier alpha value is -0.730. The maximum atomic E-state index is 12.2. The van der Waals surface area contributed by atoms with Crippen LogP contribution in [0.1, 0.15) is 23.1 Å². The quantitative estimate of drug-likeness (QED) is 0.688. The van der Waals surface area contributed by atoms with Gasteiger partial charge in [-0.3, -0.25) is 0 Å². The van der Waals surface area contributed by atoms with Crippen LogP contribution in [0.5, 0.6) is 0 Å². The number of hydrogen-bond donors (Lipinski definition) is 2. The van der Waals surface area contributed by atoms with Gasteiger partial charge in [0.05, 0.1) is 0 Å². The molecule has 0 bridgehead atoms. The molecule has 2 rings (SSSR count). The fraction of sp³-hybridized carbons (Fsp3) is 0.429. The van der Waals surface area contributed by atoms with Crippen molar-refractivity contribution in [2.45, 2.75) is 30.5 Å². The molecule has 2 heterocycles. The highest BCUT2D eigenvalue weighted by Gasteiger charge is 2.16. The second-order valence-corrected chi connectivity index (χ2v) is 8.82. The lowest BCUT2D eigenvalue weighted by Gasteiger charge is -2.03. The van der Waals surface area contributed by atoms with Crippen LogP contribution in [-0.2, 0) is 23.0 Å². The van der Waals surface area contributed by atoms with Gasteiger partial charge in [0, 0.05) is 22.8 Å². The molecule has 0 aromatic carbocycles. The highest BCUT2D eigenvalue weighted by molar-refractivity contribution is 7.91. The van der Waals surface area contributed by atoms with Crippen LogP contribution in [0.2, 0.25) is 0 Å².